The molecule has 198 valence electrons. The lowest BCUT2D eigenvalue weighted by Gasteiger charge is -2.30. The topological polar surface area (TPSA) is 73.0 Å². The molecule has 3 aromatic carbocycles. The van der Waals surface area contributed by atoms with Crippen LogP contribution in [0.4, 0.5) is 0 Å². The van der Waals surface area contributed by atoms with Gasteiger partial charge in [0.15, 0.2) is 0 Å². The lowest BCUT2D eigenvalue weighted by atomic mass is 9.99. The lowest BCUT2D eigenvalue weighted by molar-refractivity contribution is 0.296. The Balaban J connectivity index is 1.27. The molecule has 2 atom stereocenters. The summed E-state index contributed by atoms with van der Waals surface area (Å²) in [5, 5.41) is 2.42. The maximum absolute atomic E-state index is 5.03. The van der Waals surface area contributed by atoms with E-state index in [9.17, 15) is 0 Å². The highest BCUT2D eigenvalue weighted by Gasteiger charge is 2.31. The Morgan fingerprint density at radius 3 is 2.54 bits per heavy atom. The molecular formula is C33H36N6. The van der Waals surface area contributed by atoms with Crippen LogP contribution >= 0.6 is 0 Å². The second-order valence-corrected chi connectivity index (χ2v) is 10.6. The van der Waals surface area contributed by atoms with Gasteiger partial charge >= 0.3 is 0 Å². The molecule has 6 rings (SSSR count). The minimum Gasteiger partial charge on any atom is -0.363 e. The Kier molecular flexibility index (Phi) is 6.77. The van der Waals surface area contributed by atoms with Crippen molar-refractivity contribution >= 4 is 27.5 Å². The van der Waals surface area contributed by atoms with Crippen molar-refractivity contribution in [1.82, 2.24) is 24.8 Å². The van der Waals surface area contributed by atoms with Crippen molar-refractivity contribution in [1.29, 1.82) is 0 Å². The highest BCUT2D eigenvalue weighted by Crippen LogP contribution is 2.36. The van der Waals surface area contributed by atoms with E-state index in [-0.39, 0.29) is 12.1 Å². The SMILES string of the molecule is C=C([C@H](CC)N=C(C)CC)N1CCC[C@H]1c1nc2ccc(-c3ccc4cc(-c5cnc[nH]5)ccc4c3)cc2[nH]1. The summed E-state index contributed by atoms with van der Waals surface area (Å²) >= 11 is 0. The molecule has 6 heteroatoms. The number of aromatic amines is 2. The number of rotatable bonds is 8. The van der Waals surface area contributed by atoms with Gasteiger partial charge in [0, 0.05) is 23.5 Å². The fraction of sp³-hybridized carbons (Fsp3) is 0.303. The molecule has 1 fully saturated rings. The molecular weight excluding hydrogens is 480 g/mol. The van der Waals surface area contributed by atoms with Crippen LogP contribution in [-0.2, 0) is 0 Å². The maximum Gasteiger partial charge on any atom is 0.130 e. The van der Waals surface area contributed by atoms with Crippen LogP contribution in [0.2, 0.25) is 0 Å². The molecule has 2 N–H and O–H groups in total. The molecule has 0 amide bonds. The number of hydrogen-bond donors (Lipinski definition) is 2. The molecule has 1 saturated heterocycles. The molecule has 0 aliphatic carbocycles. The van der Waals surface area contributed by atoms with Gasteiger partial charge in [-0.05, 0) is 78.8 Å². The van der Waals surface area contributed by atoms with E-state index in [0.717, 1.165) is 66.0 Å². The number of aromatic nitrogens is 4. The van der Waals surface area contributed by atoms with Crippen molar-refractivity contribution in [3.63, 3.8) is 0 Å². The van der Waals surface area contributed by atoms with Crippen molar-refractivity contribution < 1.29 is 0 Å². The van der Waals surface area contributed by atoms with E-state index < -0.39 is 0 Å². The van der Waals surface area contributed by atoms with E-state index in [2.05, 4.69) is 102 Å². The Bertz CT molecular complexity index is 1660. The molecule has 1 aliphatic rings. The first kappa shape index (κ1) is 25.1. The zero-order valence-electron chi connectivity index (χ0n) is 23.0. The molecule has 0 saturated carbocycles. The predicted molar refractivity (Wildman–Crippen MR) is 162 cm³/mol. The third-order valence-electron chi connectivity index (χ3n) is 8.08. The van der Waals surface area contributed by atoms with Crippen molar-refractivity contribution in [2.75, 3.05) is 6.54 Å². The van der Waals surface area contributed by atoms with Crippen LogP contribution < -0.4 is 0 Å². The molecule has 6 nitrogen and oxygen atoms in total. The van der Waals surface area contributed by atoms with Crippen molar-refractivity contribution in [2.45, 2.75) is 58.5 Å². The maximum atomic E-state index is 5.03. The van der Waals surface area contributed by atoms with Gasteiger partial charge in [-0.1, -0.05) is 50.8 Å². The molecule has 0 unspecified atom stereocenters. The monoisotopic (exact) mass is 516 g/mol. The summed E-state index contributed by atoms with van der Waals surface area (Å²) in [6, 6.07) is 20.1. The quantitative estimate of drug-likeness (QED) is 0.205. The third-order valence-corrected chi connectivity index (χ3v) is 8.08. The standard InChI is InChI=1S/C33H36N6/c1-5-21(3)36-28(6-2)22(4)39-15-7-8-32(39)33-37-29-14-13-26(18-30(29)38-33)24-9-10-25-17-27(12-11-23(25)16-24)31-19-34-20-35-31/h9-14,16-20,28,32H,4-8,15H2,1-3H3,(H,34,35)(H,37,38)/t28-,32-/m0/s1. The van der Waals surface area contributed by atoms with E-state index in [1.165, 1.54) is 27.6 Å². The Morgan fingerprint density at radius 1 is 1.05 bits per heavy atom. The van der Waals surface area contributed by atoms with Crippen LogP contribution in [-0.4, -0.2) is 43.1 Å². The number of hydrogen-bond acceptors (Lipinski definition) is 4. The van der Waals surface area contributed by atoms with Gasteiger partial charge in [0.25, 0.3) is 0 Å². The van der Waals surface area contributed by atoms with Gasteiger partial charge in [0.2, 0.25) is 0 Å². The van der Waals surface area contributed by atoms with Crippen LogP contribution in [0.15, 0.2) is 84.4 Å². The van der Waals surface area contributed by atoms with Gasteiger partial charge in [0.1, 0.15) is 5.82 Å². The van der Waals surface area contributed by atoms with E-state index in [4.69, 9.17) is 9.98 Å². The molecule has 2 aromatic heterocycles. The first-order valence-electron chi connectivity index (χ1n) is 14.1. The zero-order chi connectivity index (χ0) is 26.9. The van der Waals surface area contributed by atoms with Crippen molar-refractivity contribution in [3.05, 3.63) is 85.2 Å². The Hall–Kier alpha value is -4.19. The first-order valence-corrected chi connectivity index (χ1v) is 14.1. The number of fused-ring (bicyclic) bond motifs is 2. The number of nitrogens with one attached hydrogen (secondary N) is 2. The van der Waals surface area contributed by atoms with Gasteiger partial charge in [-0.15, -0.1) is 0 Å². The second kappa shape index (κ2) is 10.5. The smallest absolute Gasteiger partial charge is 0.130 e. The zero-order valence-corrected chi connectivity index (χ0v) is 23.0. The summed E-state index contributed by atoms with van der Waals surface area (Å²) in [6.45, 7) is 12.0. The summed E-state index contributed by atoms with van der Waals surface area (Å²) < 4.78 is 0. The van der Waals surface area contributed by atoms with E-state index in [1.807, 2.05) is 6.20 Å². The van der Waals surface area contributed by atoms with Crippen LogP contribution in [0.5, 0.6) is 0 Å². The number of aliphatic imine (C=N–C) groups is 1. The van der Waals surface area contributed by atoms with E-state index in [1.54, 1.807) is 6.33 Å². The number of imidazole rings is 2. The fourth-order valence-corrected chi connectivity index (χ4v) is 5.72. The van der Waals surface area contributed by atoms with E-state index >= 15 is 0 Å². The summed E-state index contributed by atoms with van der Waals surface area (Å²) in [7, 11) is 0. The number of H-pyrrole nitrogens is 2. The molecule has 5 aromatic rings. The summed E-state index contributed by atoms with van der Waals surface area (Å²) in [5.41, 5.74) is 8.91. The summed E-state index contributed by atoms with van der Waals surface area (Å²) in [4.78, 5) is 23.4. The minimum atomic E-state index is 0.130. The van der Waals surface area contributed by atoms with E-state index in [0.29, 0.717) is 0 Å². The molecule has 3 heterocycles. The van der Waals surface area contributed by atoms with Crippen LogP contribution in [0.1, 0.15) is 58.3 Å². The average molecular weight is 517 g/mol. The first-order chi connectivity index (χ1) is 19.0. The van der Waals surface area contributed by atoms with Gasteiger partial charge < -0.3 is 14.9 Å². The number of nitrogens with zero attached hydrogens (tertiary/aromatic N) is 4. The van der Waals surface area contributed by atoms with Gasteiger partial charge in [-0.25, -0.2) is 9.97 Å². The van der Waals surface area contributed by atoms with Crippen molar-refractivity contribution in [2.24, 2.45) is 4.99 Å². The molecule has 0 radical (unpaired) electrons. The average Bonchev–Trinajstić information content (AvgIpc) is 3.75. The summed E-state index contributed by atoms with van der Waals surface area (Å²) in [5.74, 6) is 1.02. The fourth-order valence-electron chi connectivity index (χ4n) is 5.72. The highest BCUT2D eigenvalue weighted by molar-refractivity contribution is 5.91. The lowest BCUT2D eigenvalue weighted by Crippen LogP contribution is -2.29. The van der Waals surface area contributed by atoms with Crippen LogP contribution in [0.25, 0.3) is 44.2 Å². The number of likely N-dealkylation sites (tertiary alicyclic amines) is 1. The summed E-state index contributed by atoms with van der Waals surface area (Å²) in [6.07, 6.45) is 7.71. The minimum absolute atomic E-state index is 0.130. The molecule has 1 aliphatic heterocycles. The Labute approximate surface area is 229 Å². The van der Waals surface area contributed by atoms with Gasteiger partial charge in [0.05, 0.1) is 41.3 Å². The number of benzene rings is 3. The predicted octanol–water partition coefficient (Wildman–Crippen LogP) is 8.07. The highest BCUT2D eigenvalue weighted by atomic mass is 15.2. The Morgan fingerprint density at radius 2 is 1.79 bits per heavy atom. The molecule has 0 bridgehead atoms. The van der Waals surface area contributed by atoms with Crippen molar-refractivity contribution in [3.8, 4) is 22.4 Å². The normalized spacial score (nSPS) is 16.8. The molecule has 0 spiro atoms. The van der Waals surface area contributed by atoms with Crippen LogP contribution in [0, 0.1) is 0 Å². The van der Waals surface area contributed by atoms with Crippen LogP contribution in [0.3, 0.4) is 0 Å². The third kappa shape index (κ3) is 4.87. The van der Waals surface area contributed by atoms with Gasteiger partial charge in [-0.2, -0.15) is 0 Å². The van der Waals surface area contributed by atoms with Gasteiger partial charge in [-0.3, -0.25) is 4.99 Å². The molecule has 39 heavy (non-hydrogen) atoms. The largest absolute Gasteiger partial charge is 0.363 e. The second-order valence-electron chi connectivity index (χ2n) is 10.6.